The van der Waals surface area contributed by atoms with E-state index in [0.717, 1.165) is 0 Å². The standard InChI is InChI=1S/C9H10N2O3/c12-7-3-6(4-10-7)5-11-8(13)1-2-9(11)14/h1-2,6H,3-5H2,(H,10,12). The lowest BCUT2D eigenvalue weighted by atomic mass is 10.1. The fraction of sp³-hybridized carbons (Fsp3) is 0.444. The van der Waals surface area contributed by atoms with Gasteiger partial charge in [0, 0.05) is 37.6 Å². The van der Waals surface area contributed by atoms with Crippen LogP contribution in [0.4, 0.5) is 0 Å². The van der Waals surface area contributed by atoms with E-state index in [1.165, 1.54) is 17.1 Å². The molecule has 2 rings (SSSR count). The van der Waals surface area contributed by atoms with E-state index in [4.69, 9.17) is 0 Å². The minimum atomic E-state index is -0.283. The molecule has 1 unspecified atom stereocenters. The summed E-state index contributed by atoms with van der Waals surface area (Å²) in [4.78, 5) is 34.4. The van der Waals surface area contributed by atoms with Gasteiger partial charge in [-0.3, -0.25) is 19.3 Å². The molecule has 0 bridgehead atoms. The van der Waals surface area contributed by atoms with Gasteiger partial charge in [-0.2, -0.15) is 0 Å². The number of nitrogens with zero attached hydrogens (tertiary/aromatic N) is 1. The van der Waals surface area contributed by atoms with Crippen molar-refractivity contribution >= 4 is 17.7 Å². The third-order valence-corrected chi connectivity index (χ3v) is 2.40. The molecular weight excluding hydrogens is 184 g/mol. The monoisotopic (exact) mass is 194 g/mol. The average Bonchev–Trinajstić information content (AvgIpc) is 2.67. The number of amides is 3. The van der Waals surface area contributed by atoms with E-state index in [2.05, 4.69) is 5.32 Å². The largest absolute Gasteiger partial charge is 0.356 e. The summed E-state index contributed by atoms with van der Waals surface area (Å²) in [5.41, 5.74) is 0. The Bertz CT molecular complexity index is 317. The van der Waals surface area contributed by atoms with Gasteiger partial charge < -0.3 is 5.32 Å². The van der Waals surface area contributed by atoms with Gasteiger partial charge in [0.1, 0.15) is 0 Å². The Hall–Kier alpha value is -1.65. The number of rotatable bonds is 2. The predicted molar refractivity (Wildman–Crippen MR) is 47.0 cm³/mol. The third-order valence-electron chi connectivity index (χ3n) is 2.40. The van der Waals surface area contributed by atoms with E-state index < -0.39 is 0 Å². The molecule has 0 aromatic rings. The van der Waals surface area contributed by atoms with E-state index in [-0.39, 0.29) is 23.6 Å². The van der Waals surface area contributed by atoms with E-state index in [1.807, 2.05) is 0 Å². The second kappa shape index (κ2) is 3.25. The van der Waals surface area contributed by atoms with Gasteiger partial charge in [0.05, 0.1) is 0 Å². The Balaban J connectivity index is 1.95. The van der Waals surface area contributed by atoms with Crippen LogP contribution in [0.3, 0.4) is 0 Å². The lowest BCUT2D eigenvalue weighted by Crippen LogP contribution is -2.35. The number of nitrogens with one attached hydrogen (secondary N) is 1. The normalized spacial score (nSPS) is 26.1. The Morgan fingerprint density at radius 3 is 2.43 bits per heavy atom. The molecule has 1 fully saturated rings. The summed E-state index contributed by atoms with van der Waals surface area (Å²) < 4.78 is 0. The molecule has 2 heterocycles. The minimum absolute atomic E-state index is 0.0120. The first kappa shape index (κ1) is 8.93. The first-order chi connectivity index (χ1) is 6.66. The molecule has 0 aromatic heterocycles. The zero-order valence-corrected chi connectivity index (χ0v) is 7.53. The van der Waals surface area contributed by atoms with E-state index >= 15 is 0 Å². The molecule has 2 aliphatic heterocycles. The van der Waals surface area contributed by atoms with Crippen molar-refractivity contribution < 1.29 is 14.4 Å². The van der Waals surface area contributed by atoms with E-state index in [0.29, 0.717) is 19.5 Å². The molecule has 0 saturated carbocycles. The second-order valence-corrected chi connectivity index (χ2v) is 3.49. The van der Waals surface area contributed by atoms with Crippen molar-refractivity contribution in [2.24, 2.45) is 5.92 Å². The summed E-state index contributed by atoms with van der Waals surface area (Å²) in [7, 11) is 0. The number of carbonyl (C=O) groups is 3. The van der Waals surface area contributed by atoms with Crippen LogP contribution < -0.4 is 5.32 Å². The second-order valence-electron chi connectivity index (χ2n) is 3.49. The number of hydrogen-bond acceptors (Lipinski definition) is 3. The zero-order chi connectivity index (χ0) is 10.1. The maximum absolute atomic E-state index is 11.2. The molecule has 2 aliphatic rings. The van der Waals surface area contributed by atoms with Crippen molar-refractivity contribution in [3.63, 3.8) is 0 Å². The third kappa shape index (κ3) is 1.53. The Kier molecular flexibility index (Phi) is 2.07. The molecule has 74 valence electrons. The van der Waals surface area contributed by atoms with Crippen molar-refractivity contribution in [2.45, 2.75) is 6.42 Å². The number of hydrogen-bond donors (Lipinski definition) is 1. The Morgan fingerprint density at radius 2 is 1.93 bits per heavy atom. The summed E-state index contributed by atoms with van der Waals surface area (Å²) in [6, 6.07) is 0. The van der Waals surface area contributed by atoms with Crippen molar-refractivity contribution in [1.29, 1.82) is 0 Å². The van der Waals surface area contributed by atoms with Gasteiger partial charge in [0.2, 0.25) is 5.91 Å². The lowest BCUT2D eigenvalue weighted by molar-refractivity contribution is -0.137. The predicted octanol–water partition coefficient (Wildman–Crippen LogP) is -0.952. The van der Waals surface area contributed by atoms with Gasteiger partial charge in [-0.1, -0.05) is 0 Å². The van der Waals surface area contributed by atoms with Crippen molar-refractivity contribution in [3.05, 3.63) is 12.2 Å². The topological polar surface area (TPSA) is 66.5 Å². The van der Waals surface area contributed by atoms with Crippen LogP contribution in [0.1, 0.15) is 6.42 Å². The van der Waals surface area contributed by atoms with Crippen LogP contribution in [0.5, 0.6) is 0 Å². The quantitative estimate of drug-likeness (QED) is 0.576. The van der Waals surface area contributed by atoms with Crippen molar-refractivity contribution in [2.75, 3.05) is 13.1 Å². The van der Waals surface area contributed by atoms with Gasteiger partial charge in [-0.05, 0) is 0 Å². The molecule has 0 aliphatic carbocycles. The van der Waals surface area contributed by atoms with Crippen molar-refractivity contribution in [3.8, 4) is 0 Å². The molecule has 5 heteroatoms. The fourth-order valence-corrected chi connectivity index (χ4v) is 1.66. The van der Waals surface area contributed by atoms with Crippen molar-refractivity contribution in [1.82, 2.24) is 10.2 Å². The average molecular weight is 194 g/mol. The van der Waals surface area contributed by atoms with Crippen LogP contribution in [0.2, 0.25) is 0 Å². The Morgan fingerprint density at radius 1 is 1.29 bits per heavy atom. The Labute approximate surface area is 80.8 Å². The molecule has 5 nitrogen and oxygen atoms in total. The molecule has 1 N–H and O–H groups in total. The fourth-order valence-electron chi connectivity index (χ4n) is 1.66. The zero-order valence-electron chi connectivity index (χ0n) is 7.53. The summed E-state index contributed by atoms with van der Waals surface area (Å²) in [6.07, 6.45) is 2.91. The van der Waals surface area contributed by atoms with Crippen LogP contribution in [0.15, 0.2) is 12.2 Å². The van der Waals surface area contributed by atoms with Gasteiger partial charge in [0.25, 0.3) is 11.8 Å². The number of imide groups is 1. The molecule has 0 aromatic carbocycles. The van der Waals surface area contributed by atoms with Gasteiger partial charge in [-0.15, -0.1) is 0 Å². The van der Waals surface area contributed by atoms with Gasteiger partial charge >= 0.3 is 0 Å². The highest BCUT2D eigenvalue weighted by atomic mass is 16.2. The maximum atomic E-state index is 11.2. The molecule has 3 amide bonds. The SMILES string of the molecule is O=C1CC(CN2C(=O)C=CC2=O)CN1. The van der Waals surface area contributed by atoms with E-state index in [1.54, 1.807) is 0 Å². The molecular formula is C9H10N2O3. The highest BCUT2D eigenvalue weighted by Crippen LogP contribution is 2.13. The highest BCUT2D eigenvalue weighted by molar-refractivity contribution is 6.12. The maximum Gasteiger partial charge on any atom is 0.253 e. The molecule has 1 atom stereocenters. The van der Waals surface area contributed by atoms with Crippen LogP contribution in [-0.4, -0.2) is 35.7 Å². The highest BCUT2D eigenvalue weighted by Gasteiger charge is 2.29. The molecule has 0 spiro atoms. The summed E-state index contributed by atoms with van der Waals surface area (Å²) in [6.45, 7) is 0.888. The van der Waals surface area contributed by atoms with Crippen LogP contribution >= 0.6 is 0 Å². The first-order valence-electron chi connectivity index (χ1n) is 4.47. The molecule has 14 heavy (non-hydrogen) atoms. The molecule has 1 saturated heterocycles. The van der Waals surface area contributed by atoms with Crippen LogP contribution in [-0.2, 0) is 14.4 Å². The smallest absolute Gasteiger partial charge is 0.253 e. The number of carbonyl (C=O) groups excluding carboxylic acids is 3. The van der Waals surface area contributed by atoms with Gasteiger partial charge in [0.15, 0.2) is 0 Å². The first-order valence-corrected chi connectivity index (χ1v) is 4.47. The van der Waals surface area contributed by atoms with Crippen LogP contribution in [0, 0.1) is 5.92 Å². The lowest BCUT2D eigenvalue weighted by Gasteiger charge is -2.16. The summed E-state index contributed by atoms with van der Waals surface area (Å²) in [5.74, 6) is -0.513. The molecule has 0 radical (unpaired) electrons. The summed E-state index contributed by atoms with van der Waals surface area (Å²) >= 11 is 0. The van der Waals surface area contributed by atoms with Crippen LogP contribution in [0.25, 0.3) is 0 Å². The summed E-state index contributed by atoms with van der Waals surface area (Å²) in [5, 5.41) is 2.66. The minimum Gasteiger partial charge on any atom is -0.356 e. The van der Waals surface area contributed by atoms with E-state index in [9.17, 15) is 14.4 Å². The van der Waals surface area contributed by atoms with Gasteiger partial charge in [-0.25, -0.2) is 0 Å².